The molecule has 0 heterocycles. The predicted octanol–water partition coefficient (Wildman–Crippen LogP) is 3.83. The molecule has 0 spiro atoms. The quantitative estimate of drug-likeness (QED) is 0.626. The van der Waals surface area contributed by atoms with Crippen molar-refractivity contribution in [3.05, 3.63) is 27.2 Å². The van der Waals surface area contributed by atoms with Gasteiger partial charge in [0, 0.05) is 6.07 Å². The van der Waals surface area contributed by atoms with Gasteiger partial charge in [-0.2, -0.15) is 0 Å². The van der Waals surface area contributed by atoms with Crippen LogP contribution in [-0.2, 0) is 9.53 Å². The molecule has 0 saturated heterocycles. The molecule has 1 atom stereocenters. The smallest absolute Gasteiger partial charge is 0.311 e. The topological polar surface area (TPSA) is 35.5 Å². The molecule has 0 aliphatic carbocycles. The van der Waals surface area contributed by atoms with E-state index in [9.17, 15) is 4.79 Å². The van der Waals surface area contributed by atoms with E-state index in [1.807, 2.05) is 0 Å². The fraction of sp³-hybridized carbons (Fsp3) is 0.364. The molecular formula is C11H11Cl3O3. The Hall–Kier alpha value is -0.640. The summed E-state index contributed by atoms with van der Waals surface area (Å²) in [6, 6.07) is 3.00. The summed E-state index contributed by atoms with van der Waals surface area (Å²) in [6.45, 7) is 1.85. The average molecular weight is 298 g/mol. The van der Waals surface area contributed by atoms with Gasteiger partial charge in [-0.05, 0) is 13.0 Å². The van der Waals surface area contributed by atoms with Gasteiger partial charge in [0.25, 0.3) is 0 Å². The van der Waals surface area contributed by atoms with E-state index in [0.29, 0.717) is 20.8 Å². The lowest BCUT2D eigenvalue weighted by atomic mass is 10.2. The van der Waals surface area contributed by atoms with Crippen molar-refractivity contribution >= 4 is 40.8 Å². The zero-order valence-electron chi connectivity index (χ0n) is 9.30. The summed E-state index contributed by atoms with van der Waals surface area (Å²) in [5.74, 6) is -0.344. The lowest BCUT2D eigenvalue weighted by Gasteiger charge is -2.12. The van der Waals surface area contributed by atoms with Gasteiger partial charge in [0.05, 0.1) is 28.1 Å². The Bertz CT molecular complexity index is 421. The molecule has 17 heavy (non-hydrogen) atoms. The minimum absolute atomic E-state index is 0.157. The Balaban J connectivity index is 2.70. The first-order valence-electron chi connectivity index (χ1n) is 4.81. The average Bonchev–Trinajstić information content (AvgIpc) is 2.30. The molecule has 1 aromatic rings. The highest BCUT2D eigenvalue weighted by molar-refractivity contribution is 6.43. The monoisotopic (exact) mass is 296 g/mol. The SMILES string of the molecule is COC(=O)C(C)COc1cc(Cl)c(Cl)cc1Cl. The van der Waals surface area contributed by atoms with Gasteiger partial charge in [-0.25, -0.2) is 0 Å². The van der Waals surface area contributed by atoms with Crippen LogP contribution in [0.5, 0.6) is 5.75 Å². The molecule has 1 aromatic carbocycles. The van der Waals surface area contributed by atoms with Gasteiger partial charge in [0.1, 0.15) is 12.4 Å². The number of carbonyl (C=O) groups excluding carboxylic acids is 1. The van der Waals surface area contributed by atoms with Crippen LogP contribution in [0.2, 0.25) is 15.1 Å². The van der Waals surface area contributed by atoms with E-state index < -0.39 is 0 Å². The van der Waals surface area contributed by atoms with Crippen molar-refractivity contribution in [1.29, 1.82) is 0 Å². The number of halogens is 3. The van der Waals surface area contributed by atoms with Crippen LogP contribution in [-0.4, -0.2) is 19.7 Å². The molecule has 94 valence electrons. The summed E-state index contributed by atoms with van der Waals surface area (Å²) < 4.78 is 9.96. The van der Waals surface area contributed by atoms with Crippen molar-refractivity contribution in [2.45, 2.75) is 6.92 Å². The number of hydrogen-bond donors (Lipinski definition) is 0. The molecule has 1 unspecified atom stereocenters. The van der Waals surface area contributed by atoms with Gasteiger partial charge in [-0.3, -0.25) is 4.79 Å². The van der Waals surface area contributed by atoms with Crippen LogP contribution < -0.4 is 4.74 Å². The molecule has 3 nitrogen and oxygen atoms in total. The van der Waals surface area contributed by atoms with Crippen LogP contribution >= 0.6 is 34.8 Å². The first-order valence-corrected chi connectivity index (χ1v) is 5.94. The number of benzene rings is 1. The maximum absolute atomic E-state index is 11.2. The van der Waals surface area contributed by atoms with Gasteiger partial charge in [0.2, 0.25) is 0 Å². The summed E-state index contributed by atoms with van der Waals surface area (Å²) in [5.41, 5.74) is 0. The fourth-order valence-corrected chi connectivity index (χ4v) is 1.69. The molecule has 0 N–H and O–H groups in total. The number of methoxy groups -OCH3 is 1. The van der Waals surface area contributed by atoms with Gasteiger partial charge < -0.3 is 9.47 Å². The van der Waals surface area contributed by atoms with Crippen molar-refractivity contribution in [1.82, 2.24) is 0 Å². The first kappa shape index (κ1) is 14.4. The molecule has 0 aliphatic heterocycles. The third-order valence-electron chi connectivity index (χ3n) is 2.07. The van der Waals surface area contributed by atoms with Crippen molar-refractivity contribution in [3.63, 3.8) is 0 Å². The molecule has 1 rings (SSSR count). The van der Waals surface area contributed by atoms with Crippen molar-refractivity contribution < 1.29 is 14.3 Å². The Morgan fingerprint density at radius 3 is 2.41 bits per heavy atom. The van der Waals surface area contributed by atoms with Crippen molar-refractivity contribution in [3.8, 4) is 5.75 Å². The normalized spacial score (nSPS) is 12.1. The standard InChI is InChI=1S/C11H11Cl3O3/c1-6(11(15)16-2)5-17-10-4-8(13)7(12)3-9(10)14/h3-4,6H,5H2,1-2H3. The number of esters is 1. The summed E-state index contributed by atoms with van der Waals surface area (Å²) in [6.07, 6.45) is 0. The van der Waals surface area contributed by atoms with E-state index in [1.54, 1.807) is 6.92 Å². The van der Waals surface area contributed by atoms with Crippen LogP contribution in [0, 0.1) is 5.92 Å². The maximum Gasteiger partial charge on any atom is 0.311 e. The van der Waals surface area contributed by atoms with Crippen LogP contribution in [0.25, 0.3) is 0 Å². The summed E-state index contributed by atoms with van der Waals surface area (Å²) >= 11 is 17.5. The second-order valence-electron chi connectivity index (χ2n) is 3.43. The van der Waals surface area contributed by atoms with E-state index in [-0.39, 0.29) is 18.5 Å². The Labute approximate surface area is 115 Å². The summed E-state index contributed by atoms with van der Waals surface area (Å²) in [5, 5.41) is 1.04. The Kier molecular flexibility index (Phi) is 5.37. The number of hydrogen-bond acceptors (Lipinski definition) is 3. The molecule has 0 radical (unpaired) electrons. The number of carbonyl (C=O) groups is 1. The lowest BCUT2D eigenvalue weighted by Crippen LogP contribution is -2.20. The lowest BCUT2D eigenvalue weighted by molar-refractivity contribution is -0.145. The first-order chi connectivity index (χ1) is 7.95. The highest BCUT2D eigenvalue weighted by Crippen LogP contribution is 2.33. The highest BCUT2D eigenvalue weighted by atomic mass is 35.5. The molecule has 6 heteroatoms. The third kappa shape index (κ3) is 3.95. The van der Waals surface area contributed by atoms with Crippen molar-refractivity contribution in [2.75, 3.05) is 13.7 Å². The predicted molar refractivity (Wildman–Crippen MR) is 68.1 cm³/mol. The molecule has 0 amide bonds. The number of ether oxygens (including phenoxy) is 2. The summed E-state index contributed by atoms with van der Waals surface area (Å²) in [7, 11) is 1.32. The largest absolute Gasteiger partial charge is 0.491 e. The van der Waals surface area contributed by atoms with Gasteiger partial charge in [-0.15, -0.1) is 0 Å². The highest BCUT2D eigenvalue weighted by Gasteiger charge is 2.15. The van der Waals surface area contributed by atoms with E-state index in [0.717, 1.165) is 0 Å². The van der Waals surface area contributed by atoms with E-state index >= 15 is 0 Å². The minimum atomic E-state index is -0.384. The van der Waals surface area contributed by atoms with E-state index in [1.165, 1.54) is 19.2 Å². The molecule has 0 aromatic heterocycles. The van der Waals surface area contributed by atoms with Crippen LogP contribution in [0.1, 0.15) is 6.92 Å². The minimum Gasteiger partial charge on any atom is -0.491 e. The third-order valence-corrected chi connectivity index (χ3v) is 3.08. The molecule has 0 saturated carbocycles. The Morgan fingerprint density at radius 1 is 1.24 bits per heavy atom. The maximum atomic E-state index is 11.2. The molecule has 0 bridgehead atoms. The van der Waals surface area contributed by atoms with E-state index in [2.05, 4.69) is 4.74 Å². The molecule has 0 aliphatic rings. The fourth-order valence-electron chi connectivity index (χ4n) is 1.10. The van der Waals surface area contributed by atoms with E-state index in [4.69, 9.17) is 39.5 Å². The zero-order chi connectivity index (χ0) is 13.0. The van der Waals surface area contributed by atoms with Crippen molar-refractivity contribution in [2.24, 2.45) is 5.92 Å². The molecular weight excluding hydrogens is 286 g/mol. The molecule has 0 fully saturated rings. The van der Waals surface area contributed by atoms with Crippen LogP contribution in [0.4, 0.5) is 0 Å². The zero-order valence-corrected chi connectivity index (χ0v) is 11.6. The summed E-state index contributed by atoms with van der Waals surface area (Å²) in [4.78, 5) is 11.2. The van der Waals surface area contributed by atoms with Crippen LogP contribution in [0.15, 0.2) is 12.1 Å². The van der Waals surface area contributed by atoms with Gasteiger partial charge in [0.15, 0.2) is 0 Å². The van der Waals surface area contributed by atoms with Gasteiger partial charge in [-0.1, -0.05) is 34.8 Å². The second kappa shape index (κ2) is 6.34. The Morgan fingerprint density at radius 2 is 1.82 bits per heavy atom. The van der Waals surface area contributed by atoms with Crippen LogP contribution in [0.3, 0.4) is 0 Å². The number of rotatable bonds is 4. The van der Waals surface area contributed by atoms with Gasteiger partial charge >= 0.3 is 5.97 Å². The second-order valence-corrected chi connectivity index (χ2v) is 4.65.